The van der Waals surface area contributed by atoms with E-state index >= 15 is 0 Å². The molecule has 0 fully saturated rings. The minimum absolute atomic E-state index is 0.180. The summed E-state index contributed by atoms with van der Waals surface area (Å²) >= 11 is 0. The van der Waals surface area contributed by atoms with Crippen molar-refractivity contribution < 1.29 is 9.59 Å². The summed E-state index contributed by atoms with van der Waals surface area (Å²) in [5.74, 6) is 0.402. The Morgan fingerprint density at radius 1 is 1.31 bits per heavy atom. The second-order valence-corrected chi connectivity index (χ2v) is 3.63. The van der Waals surface area contributed by atoms with E-state index < -0.39 is 0 Å². The first-order valence-corrected chi connectivity index (χ1v) is 5.15. The average molecular weight is 184 g/mol. The molecule has 0 N–H and O–H groups in total. The first-order valence-electron chi connectivity index (χ1n) is 5.15. The Kier molecular flexibility index (Phi) is 7.56. The molecule has 0 aromatic carbocycles. The molecule has 0 spiro atoms. The van der Waals surface area contributed by atoms with Crippen molar-refractivity contribution in [2.75, 3.05) is 0 Å². The highest BCUT2D eigenvalue weighted by molar-refractivity contribution is 5.75. The van der Waals surface area contributed by atoms with Crippen molar-refractivity contribution in [1.29, 1.82) is 0 Å². The van der Waals surface area contributed by atoms with Gasteiger partial charge in [0.25, 0.3) is 0 Å². The Balaban J connectivity index is 3.47. The molecule has 0 aliphatic heterocycles. The lowest BCUT2D eigenvalue weighted by molar-refractivity contribution is -0.117. The van der Waals surface area contributed by atoms with E-state index in [0.717, 1.165) is 38.4 Å². The van der Waals surface area contributed by atoms with Crippen LogP contribution in [0.2, 0.25) is 0 Å². The van der Waals surface area contributed by atoms with E-state index in [1.165, 1.54) is 0 Å². The Labute approximate surface area is 80.7 Å². The fourth-order valence-corrected chi connectivity index (χ4v) is 1.36. The number of unbranched alkanes of at least 4 members (excludes halogenated alkanes) is 1. The minimum atomic E-state index is 0.180. The van der Waals surface area contributed by atoms with Gasteiger partial charge in [-0.25, -0.2) is 0 Å². The van der Waals surface area contributed by atoms with Crippen molar-refractivity contribution in [2.45, 2.75) is 52.4 Å². The third-order valence-corrected chi connectivity index (χ3v) is 2.22. The average Bonchev–Trinajstić information content (AvgIpc) is 2.10. The first kappa shape index (κ1) is 12.3. The number of rotatable bonds is 8. The van der Waals surface area contributed by atoms with Crippen LogP contribution in [0.3, 0.4) is 0 Å². The molecule has 0 aromatic heterocycles. The van der Waals surface area contributed by atoms with Crippen molar-refractivity contribution in [1.82, 2.24) is 0 Å². The molecule has 0 radical (unpaired) electrons. The Morgan fingerprint density at radius 2 is 1.92 bits per heavy atom. The maximum Gasteiger partial charge on any atom is 0.129 e. The maximum atomic E-state index is 10.6. The number of hydrogen-bond donors (Lipinski definition) is 0. The lowest BCUT2D eigenvalue weighted by atomic mass is 9.97. The first-order chi connectivity index (χ1) is 6.20. The molecule has 76 valence electrons. The van der Waals surface area contributed by atoms with Gasteiger partial charge in [0, 0.05) is 12.3 Å². The van der Waals surface area contributed by atoms with Crippen molar-refractivity contribution in [3.05, 3.63) is 0 Å². The normalized spacial score (nSPS) is 12.5. The molecule has 1 atom stereocenters. The number of Topliss-reactive ketones (excluding diaryl/α,β-unsaturated/α-hetero) is 1. The predicted molar refractivity (Wildman–Crippen MR) is 53.6 cm³/mol. The van der Waals surface area contributed by atoms with Gasteiger partial charge in [0.1, 0.15) is 12.1 Å². The standard InChI is InChI=1S/C11H20O2/c1-3-4-7-11(9-12)8-5-6-10(2)13/h9,11H,3-8H2,1-2H3. The molecule has 2 nitrogen and oxygen atoms in total. The minimum Gasteiger partial charge on any atom is -0.303 e. The van der Waals surface area contributed by atoms with Gasteiger partial charge in [-0.2, -0.15) is 0 Å². The van der Waals surface area contributed by atoms with E-state index in [2.05, 4.69) is 6.92 Å². The van der Waals surface area contributed by atoms with Gasteiger partial charge in [-0.15, -0.1) is 0 Å². The summed E-state index contributed by atoms with van der Waals surface area (Å²) in [5.41, 5.74) is 0. The van der Waals surface area contributed by atoms with Gasteiger partial charge < -0.3 is 9.59 Å². The van der Waals surface area contributed by atoms with Crippen molar-refractivity contribution in [3.8, 4) is 0 Å². The monoisotopic (exact) mass is 184 g/mol. The summed E-state index contributed by atoms with van der Waals surface area (Å²) in [5, 5.41) is 0. The molecule has 0 saturated carbocycles. The van der Waals surface area contributed by atoms with Gasteiger partial charge in [-0.05, 0) is 26.2 Å². The second-order valence-electron chi connectivity index (χ2n) is 3.63. The molecule has 1 unspecified atom stereocenters. The van der Waals surface area contributed by atoms with Crippen LogP contribution in [0.25, 0.3) is 0 Å². The van der Waals surface area contributed by atoms with Crippen LogP contribution in [0.1, 0.15) is 52.4 Å². The van der Waals surface area contributed by atoms with Gasteiger partial charge in [-0.1, -0.05) is 19.8 Å². The lowest BCUT2D eigenvalue weighted by Crippen LogP contribution is -2.03. The number of carbonyl (C=O) groups is 2. The van der Waals surface area contributed by atoms with Gasteiger partial charge in [0.05, 0.1) is 0 Å². The highest BCUT2D eigenvalue weighted by atomic mass is 16.1. The van der Waals surface area contributed by atoms with Gasteiger partial charge in [0.15, 0.2) is 0 Å². The van der Waals surface area contributed by atoms with E-state index in [1.807, 2.05) is 0 Å². The molecule has 0 aromatic rings. The van der Waals surface area contributed by atoms with Crippen LogP contribution in [0.5, 0.6) is 0 Å². The summed E-state index contributed by atoms with van der Waals surface area (Å²) in [4.78, 5) is 21.2. The number of carbonyl (C=O) groups excluding carboxylic acids is 2. The number of aldehydes is 1. The molecule has 0 heterocycles. The van der Waals surface area contributed by atoms with Crippen molar-refractivity contribution >= 4 is 12.1 Å². The lowest BCUT2D eigenvalue weighted by Gasteiger charge is -2.07. The summed E-state index contributed by atoms with van der Waals surface area (Å²) in [6, 6.07) is 0. The summed E-state index contributed by atoms with van der Waals surface area (Å²) in [6.07, 6.45) is 6.64. The molecule has 0 aliphatic rings. The van der Waals surface area contributed by atoms with Gasteiger partial charge in [0.2, 0.25) is 0 Å². The van der Waals surface area contributed by atoms with Crippen LogP contribution >= 0.6 is 0 Å². The zero-order chi connectivity index (χ0) is 10.1. The van der Waals surface area contributed by atoms with E-state index in [4.69, 9.17) is 0 Å². The molecular weight excluding hydrogens is 164 g/mol. The van der Waals surface area contributed by atoms with Gasteiger partial charge in [-0.3, -0.25) is 0 Å². The molecule has 0 aliphatic carbocycles. The molecule has 13 heavy (non-hydrogen) atoms. The number of ketones is 1. The highest BCUT2D eigenvalue weighted by Crippen LogP contribution is 2.13. The van der Waals surface area contributed by atoms with Crippen molar-refractivity contribution in [2.24, 2.45) is 5.92 Å². The smallest absolute Gasteiger partial charge is 0.129 e. The van der Waals surface area contributed by atoms with Crippen LogP contribution in [0.15, 0.2) is 0 Å². The van der Waals surface area contributed by atoms with E-state index in [-0.39, 0.29) is 11.7 Å². The largest absolute Gasteiger partial charge is 0.303 e. The van der Waals surface area contributed by atoms with Crippen LogP contribution in [-0.4, -0.2) is 12.1 Å². The molecule has 0 saturated heterocycles. The quantitative estimate of drug-likeness (QED) is 0.543. The van der Waals surface area contributed by atoms with Crippen molar-refractivity contribution in [3.63, 3.8) is 0 Å². The second kappa shape index (κ2) is 7.96. The molecule has 2 heteroatoms. The van der Waals surface area contributed by atoms with Crippen LogP contribution in [0, 0.1) is 5.92 Å². The predicted octanol–water partition coefficient (Wildman–Crippen LogP) is 2.75. The Bertz CT molecular complexity index is 152. The summed E-state index contributed by atoms with van der Waals surface area (Å²) < 4.78 is 0. The fraction of sp³-hybridized carbons (Fsp3) is 0.818. The molecule has 0 amide bonds. The number of hydrogen-bond acceptors (Lipinski definition) is 2. The SMILES string of the molecule is CCCCC(C=O)CCCC(C)=O. The third kappa shape index (κ3) is 7.69. The Morgan fingerprint density at radius 3 is 2.38 bits per heavy atom. The summed E-state index contributed by atoms with van der Waals surface area (Å²) in [6.45, 7) is 3.72. The van der Waals surface area contributed by atoms with Gasteiger partial charge >= 0.3 is 0 Å². The zero-order valence-electron chi connectivity index (χ0n) is 8.71. The molecule has 0 bridgehead atoms. The third-order valence-electron chi connectivity index (χ3n) is 2.22. The maximum absolute atomic E-state index is 10.6. The summed E-state index contributed by atoms with van der Waals surface area (Å²) in [7, 11) is 0. The molecular formula is C11H20O2. The Hall–Kier alpha value is -0.660. The van der Waals surface area contributed by atoms with Crippen LogP contribution in [0.4, 0.5) is 0 Å². The van der Waals surface area contributed by atoms with Crippen LogP contribution < -0.4 is 0 Å². The van der Waals surface area contributed by atoms with E-state index in [0.29, 0.717) is 6.42 Å². The topological polar surface area (TPSA) is 34.1 Å². The van der Waals surface area contributed by atoms with Crippen LogP contribution in [-0.2, 0) is 9.59 Å². The molecule has 0 rings (SSSR count). The highest BCUT2D eigenvalue weighted by Gasteiger charge is 2.06. The van der Waals surface area contributed by atoms with E-state index in [9.17, 15) is 9.59 Å². The van der Waals surface area contributed by atoms with E-state index in [1.54, 1.807) is 6.92 Å². The zero-order valence-corrected chi connectivity index (χ0v) is 8.71. The fourth-order valence-electron chi connectivity index (χ4n) is 1.36.